The molecule has 3 nitrogen and oxygen atoms in total. The number of aliphatic hydroxyl groups is 1. The van der Waals surface area contributed by atoms with Crippen molar-refractivity contribution in [1.82, 2.24) is 9.88 Å². The largest absolute Gasteiger partial charge is 0.383 e. The Morgan fingerprint density at radius 2 is 1.75 bits per heavy atom. The summed E-state index contributed by atoms with van der Waals surface area (Å²) >= 11 is 0. The third kappa shape index (κ3) is 3.89. The second kappa shape index (κ2) is 6.64. The highest BCUT2D eigenvalue weighted by Crippen LogP contribution is 2.28. The van der Waals surface area contributed by atoms with Crippen molar-refractivity contribution in [3.63, 3.8) is 0 Å². The van der Waals surface area contributed by atoms with Crippen molar-refractivity contribution in [3.8, 4) is 0 Å². The molecule has 2 aromatic rings. The Kier molecular flexibility index (Phi) is 4.88. The Bertz CT molecular complexity index is 513. The molecule has 20 heavy (non-hydrogen) atoms. The van der Waals surface area contributed by atoms with E-state index in [1.165, 1.54) is 0 Å². The van der Waals surface area contributed by atoms with Gasteiger partial charge in [-0.25, -0.2) is 0 Å². The van der Waals surface area contributed by atoms with E-state index >= 15 is 0 Å². The summed E-state index contributed by atoms with van der Waals surface area (Å²) in [6.45, 7) is 0.819. The van der Waals surface area contributed by atoms with Crippen molar-refractivity contribution in [2.45, 2.75) is 18.4 Å². The third-order valence-corrected chi connectivity index (χ3v) is 3.45. The fourth-order valence-corrected chi connectivity index (χ4v) is 2.29. The Labute approximate surface area is 120 Å². The molecule has 0 aliphatic rings. The molecule has 1 N–H and O–H groups in total. The molecule has 0 aliphatic carbocycles. The van der Waals surface area contributed by atoms with Crippen molar-refractivity contribution in [2.75, 3.05) is 20.6 Å². The van der Waals surface area contributed by atoms with Crippen molar-refractivity contribution < 1.29 is 5.11 Å². The summed E-state index contributed by atoms with van der Waals surface area (Å²) in [6.07, 6.45) is 2.98. The van der Waals surface area contributed by atoms with Crippen LogP contribution in [0.2, 0.25) is 0 Å². The van der Waals surface area contributed by atoms with E-state index < -0.39 is 5.60 Å². The first-order valence-corrected chi connectivity index (χ1v) is 6.93. The number of benzene rings is 1. The zero-order valence-corrected chi connectivity index (χ0v) is 12.2. The van der Waals surface area contributed by atoms with Gasteiger partial charge in [0.25, 0.3) is 0 Å². The molecule has 106 valence electrons. The molecule has 0 aliphatic heterocycles. The molecule has 0 unspecified atom stereocenters. The second-order valence-corrected chi connectivity index (χ2v) is 5.46. The number of hydrogen-bond donors (Lipinski definition) is 1. The normalized spacial score (nSPS) is 14.2. The van der Waals surface area contributed by atoms with Crippen LogP contribution in [0.4, 0.5) is 0 Å². The first kappa shape index (κ1) is 14.7. The van der Waals surface area contributed by atoms with E-state index in [4.69, 9.17) is 0 Å². The van der Waals surface area contributed by atoms with Gasteiger partial charge < -0.3 is 10.0 Å². The minimum atomic E-state index is -0.924. The van der Waals surface area contributed by atoms with Gasteiger partial charge >= 0.3 is 0 Å². The minimum Gasteiger partial charge on any atom is -0.383 e. The standard InChI is InChI=1S/C17H22N2O/c1-19(2)13-11-17(20,16-10-6-7-12-18-16)14-15-8-4-3-5-9-15/h3-10,12,20H,11,13-14H2,1-2H3/t17-/m0/s1. The van der Waals surface area contributed by atoms with E-state index in [-0.39, 0.29) is 0 Å². The van der Waals surface area contributed by atoms with E-state index in [2.05, 4.69) is 9.88 Å². The minimum absolute atomic E-state index is 0.582. The van der Waals surface area contributed by atoms with E-state index in [9.17, 15) is 5.11 Å². The molecule has 0 radical (unpaired) electrons. The molecule has 0 amide bonds. The SMILES string of the molecule is CN(C)CC[C@](O)(Cc1ccccc1)c1ccccn1. The zero-order valence-electron chi connectivity index (χ0n) is 12.2. The average Bonchev–Trinajstić information content (AvgIpc) is 2.47. The van der Waals surface area contributed by atoms with Crippen LogP contribution < -0.4 is 0 Å². The molecule has 2 rings (SSSR count). The lowest BCUT2D eigenvalue weighted by molar-refractivity contribution is 0.0170. The lowest BCUT2D eigenvalue weighted by Crippen LogP contribution is -2.33. The van der Waals surface area contributed by atoms with Crippen LogP contribution in [0.5, 0.6) is 0 Å². The topological polar surface area (TPSA) is 36.4 Å². The predicted octanol–water partition coefficient (Wildman–Crippen LogP) is 2.46. The summed E-state index contributed by atoms with van der Waals surface area (Å²) < 4.78 is 0. The van der Waals surface area contributed by atoms with Crippen molar-refractivity contribution >= 4 is 0 Å². The highest BCUT2D eigenvalue weighted by molar-refractivity contribution is 5.22. The lowest BCUT2D eigenvalue weighted by atomic mass is 9.87. The van der Waals surface area contributed by atoms with Crippen molar-refractivity contribution in [2.24, 2.45) is 0 Å². The molecule has 1 heterocycles. The van der Waals surface area contributed by atoms with Crippen LogP contribution in [-0.4, -0.2) is 35.6 Å². The van der Waals surface area contributed by atoms with Crippen LogP contribution in [0, 0.1) is 0 Å². The molecule has 0 saturated heterocycles. The number of pyridine rings is 1. The van der Waals surface area contributed by atoms with Gasteiger partial charge in [0.1, 0.15) is 5.60 Å². The highest BCUT2D eigenvalue weighted by atomic mass is 16.3. The average molecular weight is 270 g/mol. The molecule has 1 atom stereocenters. The fraction of sp³-hybridized carbons (Fsp3) is 0.353. The third-order valence-electron chi connectivity index (χ3n) is 3.45. The van der Waals surface area contributed by atoms with Gasteiger partial charge in [-0.15, -0.1) is 0 Å². The van der Waals surface area contributed by atoms with Gasteiger partial charge in [-0.05, 0) is 38.2 Å². The maximum Gasteiger partial charge on any atom is 0.112 e. The molecular weight excluding hydrogens is 248 g/mol. The summed E-state index contributed by atoms with van der Waals surface area (Å²) in [7, 11) is 4.03. The van der Waals surface area contributed by atoms with Gasteiger partial charge in [-0.2, -0.15) is 0 Å². The summed E-state index contributed by atoms with van der Waals surface area (Å²) in [5.41, 5.74) is 0.942. The van der Waals surface area contributed by atoms with Gasteiger partial charge in [-0.1, -0.05) is 36.4 Å². The second-order valence-electron chi connectivity index (χ2n) is 5.46. The lowest BCUT2D eigenvalue weighted by Gasteiger charge is -2.29. The number of aromatic nitrogens is 1. The number of hydrogen-bond acceptors (Lipinski definition) is 3. The molecule has 3 heteroatoms. The van der Waals surface area contributed by atoms with Crippen molar-refractivity contribution in [3.05, 3.63) is 66.0 Å². The maximum absolute atomic E-state index is 11.1. The van der Waals surface area contributed by atoms with Gasteiger partial charge in [0.15, 0.2) is 0 Å². The maximum atomic E-state index is 11.1. The van der Waals surface area contributed by atoms with Crippen molar-refractivity contribution in [1.29, 1.82) is 0 Å². The molecule has 0 spiro atoms. The molecule has 1 aromatic carbocycles. The Morgan fingerprint density at radius 3 is 2.35 bits per heavy atom. The Morgan fingerprint density at radius 1 is 1.05 bits per heavy atom. The van der Waals surface area contributed by atoms with Crippen LogP contribution in [0.3, 0.4) is 0 Å². The van der Waals surface area contributed by atoms with E-state index in [1.807, 2.05) is 62.6 Å². The zero-order chi connectivity index (χ0) is 14.4. The van der Waals surface area contributed by atoms with Gasteiger partial charge in [0.05, 0.1) is 5.69 Å². The van der Waals surface area contributed by atoms with E-state index in [0.29, 0.717) is 12.8 Å². The first-order valence-electron chi connectivity index (χ1n) is 6.93. The summed E-state index contributed by atoms with van der Waals surface area (Å²) in [5, 5.41) is 11.1. The summed E-state index contributed by atoms with van der Waals surface area (Å²) in [5.74, 6) is 0. The van der Waals surface area contributed by atoms with Crippen LogP contribution in [0.25, 0.3) is 0 Å². The Hall–Kier alpha value is -1.71. The summed E-state index contributed by atoms with van der Waals surface area (Å²) in [4.78, 5) is 6.44. The van der Waals surface area contributed by atoms with E-state index in [0.717, 1.165) is 17.8 Å². The molecular formula is C17H22N2O. The van der Waals surface area contributed by atoms with E-state index in [1.54, 1.807) is 6.20 Å². The first-order chi connectivity index (χ1) is 9.60. The van der Waals surface area contributed by atoms with Gasteiger partial charge in [-0.3, -0.25) is 4.98 Å². The van der Waals surface area contributed by atoms with Gasteiger partial charge in [0.2, 0.25) is 0 Å². The smallest absolute Gasteiger partial charge is 0.112 e. The van der Waals surface area contributed by atoms with Gasteiger partial charge in [0, 0.05) is 19.2 Å². The van der Waals surface area contributed by atoms with Crippen LogP contribution in [0.1, 0.15) is 17.7 Å². The van der Waals surface area contributed by atoms with Crippen LogP contribution >= 0.6 is 0 Å². The summed E-state index contributed by atoms with van der Waals surface area (Å²) in [6, 6.07) is 15.8. The quantitative estimate of drug-likeness (QED) is 0.876. The highest BCUT2D eigenvalue weighted by Gasteiger charge is 2.30. The molecule has 0 bridgehead atoms. The van der Waals surface area contributed by atoms with Crippen LogP contribution in [0.15, 0.2) is 54.7 Å². The predicted molar refractivity (Wildman–Crippen MR) is 81.5 cm³/mol. The number of rotatable bonds is 6. The fourth-order valence-electron chi connectivity index (χ4n) is 2.29. The number of nitrogens with zero attached hydrogens (tertiary/aromatic N) is 2. The molecule has 0 fully saturated rings. The Balaban J connectivity index is 2.24. The molecule has 1 aromatic heterocycles. The van der Waals surface area contributed by atoms with Crippen LogP contribution in [-0.2, 0) is 12.0 Å². The monoisotopic (exact) mass is 270 g/mol. The molecule has 0 saturated carbocycles.